The third kappa shape index (κ3) is 5.11. The van der Waals surface area contributed by atoms with Crippen molar-refractivity contribution in [3.8, 4) is 5.75 Å². The van der Waals surface area contributed by atoms with Gasteiger partial charge in [-0.25, -0.2) is 13.2 Å². The molecular formula is C15H12F3NO5S. The zero-order chi connectivity index (χ0) is 18.7. The maximum atomic E-state index is 12.7. The van der Waals surface area contributed by atoms with Crippen molar-refractivity contribution in [1.29, 1.82) is 0 Å². The normalized spacial score (nSPS) is 11.8. The topological polar surface area (TPSA) is 92.7 Å². The summed E-state index contributed by atoms with van der Waals surface area (Å²) >= 11 is 0. The average molecular weight is 375 g/mol. The lowest BCUT2D eigenvalue weighted by Gasteiger charge is -2.11. The van der Waals surface area contributed by atoms with Crippen LogP contribution in [0.4, 0.5) is 18.9 Å². The summed E-state index contributed by atoms with van der Waals surface area (Å²) in [6.07, 6.45) is -4.59. The van der Waals surface area contributed by atoms with Crippen LogP contribution in [-0.4, -0.2) is 26.1 Å². The summed E-state index contributed by atoms with van der Waals surface area (Å²) in [6, 6.07) is 8.56. The zero-order valence-electron chi connectivity index (χ0n) is 12.4. The molecule has 2 aromatic carbocycles. The number of carbonyl (C=O) groups is 1. The molecule has 0 aromatic heterocycles. The smallest absolute Gasteiger partial charge is 0.416 e. The van der Waals surface area contributed by atoms with Crippen molar-refractivity contribution < 1.29 is 36.2 Å². The molecule has 10 heteroatoms. The number of alkyl halides is 3. The highest BCUT2D eigenvalue weighted by atomic mass is 32.2. The molecule has 0 unspecified atom stereocenters. The lowest BCUT2D eigenvalue weighted by molar-refractivity contribution is -0.139. The number of rotatable bonds is 6. The number of nitrogens with one attached hydrogen (secondary N) is 1. The molecular weight excluding hydrogens is 363 g/mol. The molecule has 2 aromatic rings. The Morgan fingerprint density at radius 1 is 1.12 bits per heavy atom. The highest BCUT2D eigenvalue weighted by Crippen LogP contribution is 2.31. The summed E-state index contributed by atoms with van der Waals surface area (Å²) in [5.41, 5.74) is -1.22. The van der Waals surface area contributed by atoms with Crippen LogP contribution in [0.25, 0.3) is 0 Å². The molecule has 0 aliphatic rings. The minimum atomic E-state index is -4.59. The Kier molecular flexibility index (Phi) is 5.21. The van der Waals surface area contributed by atoms with Crippen molar-refractivity contribution in [3.63, 3.8) is 0 Å². The molecule has 25 heavy (non-hydrogen) atoms. The fraction of sp³-hybridized carbons (Fsp3) is 0.133. The Labute approximate surface area is 140 Å². The minimum absolute atomic E-state index is 0.139. The third-order valence-electron chi connectivity index (χ3n) is 2.94. The van der Waals surface area contributed by atoms with Crippen LogP contribution >= 0.6 is 0 Å². The van der Waals surface area contributed by atoms with Crippen molar-refractivity contribution in [3.05, 3.63) is 54.1 Å². The van der Waals surface area contributed by atoms with Crippen LogP contribution in [0.3, 0.4) is 0 Å². The molecule has 0 spiro atoms. The predicted octanol–water partition coefficient (Wildman–Crippen LogP) is 2.97. The molecule has 0 aliphatic carbocycles. The molecule has 134 valence electrons. The van der Waals surface area contributed by atoms with Gasteiger partial charge in [0.1, 0.15) is 5.75 Å². The van der Waals surface area contributed by atoms with Crippen molar-refractivity contribution in [2.75, 3.05) is 11.3 Å². The second-order valence-corrected chi connectivity index (χ2v) is 6.52. The number of sulfonamides is 1. The van der Waals surface area contributed by atoms with Gasteiger partial charge in [-0.05, 0) is 42.5 Å². The first-order valence-corrected chi connectivity index (χ1v) is 8.21. The molecule has 0 saturated carbocycles. The van der Waals surface area contributed by atoms with Crippen molar-refractivity contribution >= 4 is 21.7 Å². The van der Waals surface area contributed by atoms with E-state index in [0.717, 1.165) is 24.3 Å². The van der Waals surface area contributed by atoms with Gasteiger partial charge < -0.3 is 9.84 Å². The number of ether oxygens (including phenoxy) is 1. The molecule has 6 nitrogen and oxygen atoms in total. The standard InChI is InChI=1S/C15H12F3NO5S/c16-15(17,18)10-2-1-3-11(8-10)19-25(22,23)13-6-4-12(5-7-13)24-9-14(20)21/h1-8,19H,9H2,(H,20,21). The van der Waals surface area contributed by atoms with Gasteiger partial charge in [0.15, 0.2) is 6.61 Å². The third-order valence-corrected chi connectivity index (χ3v) is 4.34. The molecule has 0 amide bonds. The summed E-state index contributed by atoms with van der Waals surface area (Å²) < 4.78 is 69.3. The van der Waals surface area contributed by atoms with E-state index in [2.05, 4.69) is 4.72 Å². The Morgan fingerprint density at radius 2 is 1.76 bits per heavy atom. The summed E-state index contributed by atoms with van der Waals surface area (Å²) in [6.45, 7) is -0.589. The Balaban J connectivity index is 2.18. The monoisotopic (exact) mass is 375 g/mol. The molecule has 0 atom stereocenters. The molecule has 0 radical (unpaired) electrons. The number of anilines is 1. The molecule has 2 N–H and O–H groups in total. The largest absolute Gasteiger partial charge is 0.482 e. The lowest BCUT2D eigenvalue weighted by atomic mass is 10.2. The number of benzene rings is 2. The number of carboxylic acids is 1. The lowest BCUT2D eigenvalue weighted by Crippen LogP contribution is -2.14. The first kappa shape index (κ1) is 18.6. The van der Waals surface area contributed by atoms with Crippen LogP contribution in [0.1, 0.15) is 5.56 Å². The van der Waals surface area contributed by atoms with Crippen LogP contribution in [-0.2, 0) is 21.0 Å². The quantitative estimate of drug-likeness (QED) is 0.810. The maximum absolute atomic E-state index is 12.7. The maximum Gasteiger partial charge on any atom is 0.416 e. The summed E-state index contributed by atoms with van der Waals surface area (Å²) in [7, 11) is -4.11. The Hall–Kier alpha value is -2.75. The Bertz CT molecular complexity index is 863. The van der Waals surface area contributed by atoms with Crippen molar-refractivity contribution in [1.82, 2.24) is 0 Å². The molecule has 2 rings (SSSR count). The van der Waals surface area contributed by atoms with Gasteiger partial charge in [-0.15, -0.1) is 0 Å². The van der Waals surface area contributed by atoms with Gasteiger partial charge in [0, 0.05) is 5.69 Å². The zero-order valence-corrected chi connectivity index (χ0v) is 13.3. The fourth-order valence-electron chi connectivity index (χ4n) is 1.83. The summed E-state index contributed by atoms with van der Waals surface area (Å²) in [5.74, 6) is -1.05. The number of halogens is 3. The molecule has 0 fully saturated rings. The fourth-order valence-corrected chi connectivity index (χ4v) is 2.88. The van der Waals surface area contributed by atoms with Crippen LogP contribution in [0, 0.1) is 0 Å². The van der Waals surface area contributed by atoms with Crippen LogP contribution in [0.15, 0.2) is 53.4 Å². The van der Waals surface area contributed by atoms with Gasteiger partial charge in [-0.3, -0.25) is 4.72 Å². The van der Waals surface area contributed by atoms with Gasteiger partial charge in [0.05, 0.1) is 10.5 Å². The van der Waals surface area contributed by atoms with E-state index in [0.29, 0.717) is 6.07 Å². The Morgan fingerprint density at radius 3 is 2.32 bits per heavy atom. The molecule has 0 heterocycles. The van der Waals surface area contributed by atoms with Crippen LogP contribution in [0.5, 0.6) is 5.75 Å². The van der Waals surface area contributed by atoms with Gasteiger partial charge in [-0.2, -0.15) is 13.2 Å². The molecule has 0 aliphatic heterocycles. The molecule has 0 saturated heterocycles. The second kappa shape index (κ2) is 7.01. The van der Waals surface area contributed by atoms with Gasteiger partial charge in [0.2, 0.25) is 0 Å². The summed E-state index contributed by atoms with van der Waals surface area (Å²) in [4.78, 5) is 10.2. The first-order valence-electron chi connectivity index (χ1n) is 6.73. The first-order chi connectivity index (χ1) is 11.6. The van der Waals surface area contributed by atoms with Crippen molar-refractivity contribution in [2.45, 2.75) is 11.1 Å². The van der Waals surface area contributed by atoms with Crippen molar-refractivity contribution in [2.24, 2.45) is 0 Å². The average Bonchev–Trinajstić information content (AvgIpc) is 2.52. The van der Waals surface area contributed by atoms with Crippen LogP contribution < -0.4 is 9.46 Å². The van der Waals surface area contributed by atoms with E-state index in [1.54, 1.807) is 0 Å². The van der Waals surface area contributed by atoms with E-state index >= 15 is 0 Å². The van der Waals surface area contributed by atoms with Gasteiger partial charge >= 0.3 is 12.1 Å². The van der Waals surface area contributed by atoms with E-state index in [1.165, 1.54) is 18.2 Å². The number of hydrogen-bond donors (Lipinski definition) is 2. The van der Waals surface area contributed by atoms with Gasteiger partial charge in [-0.1, -0.05) is 6.07 Å². The van der Waals surface area contributed by atoms with Crippen LogP contribution in [0.2, 0.25) is 0 Å². The highest BCUT2D eigenvalue weighted by Gasteiger charge is 2.30. The highest BCUT2D eigenvalue weighted by molar-refractivity contribution is 7.92. The number of aliphatic carboxylic acids is 1. The van der Waals surface area contributed by atoms with Gasteiger partial charge in [0.25, 0.3) is 10.0 Å². The number of carboxylic acid groups (broad SMARTS) is 1. The minimum Gasteiger partial charge on any atom is -0.482 e. The van der Waals surface area contributed by atoms with E-state index in [-0.39, 0.29) is 16.3 Å². The SMILES string of the molecule is O=C(O)COc1ccc(S(=O)(=O)Nc2cccc(C(F)(F)F)c2)cc1. The number of hydrogen-bond acceptors (Lipinski definition) is 4. The van der Waals surface area contributed by atoms with E-state index < -0.39 is 34.3 Å². The van der Waals surface area contributed by atoms with E-state index in [4.69, 9.17) is 9.84 Å². The van der Waals surface area contributed by atoms with E-state index in [9.17, 15) is 26.4 Å². The van der Waals surface area contributed by atoms with E-state index in [1.807, 2.05) is 0 Å². The molecule has 0 bridgehead atoms. The summed E-state index contributed by atoms with van der Waals surface area (Å²) in [5, 5.41) is 8.49. The predicted molar refractivity (Wildman–Crippen MR) is 81.8 cm³/mol. The second-order valence-electron chi connectivity index (χ2n) is 4.84.